The fraction of sp³-hybridized carbons (Fsp3) is 0. The molecule has 0 saturated heterocycles. The fourth-order valence-corrected chi connectivity index (χ4v) is 5.58. The molecule has 3 nitrogen and oxygen atoms in total. The second-order valence-corrected chi connectivity index (χ2v) is 8.97. The van der Waals surface area contributed by atoms with Gasteiger partial charge in [0.2, 0.25) is 0 Å². The van der Waals surface area contributed by atoms with Crippen molar-refractivity contribution in [2.45, 2.75) is 19.6 Å². The summed E-state index contributed by atoms with van der Waals surface area (Å²) in [6.45, 7) is 0. The standard InChI is InChI=1S/C24H16N2OS2/c1-3-11-19-15(7-1)25-23-17(9-5-13-21(23)28-19)27-18-10-6-14-22-24(18)26-16-8-2-4-12-20(16)29-22/h1-14,25-26H. The summed E-state index contributed by atoms with van der Waals surface area (Å²) < 4.78 is 6.45. The summed E-state index contributed by atoms with van der Waals surface area (Å²) in [5.41, 5.74) is 4.24. The molecule has 2 aliphatic heterocycles. The summed E-state index contributed by atoms with van der Waals surface area (Å²) in [5.74, 6) is 1.65. The maximum atomic E-state index is 6.45. The van der Waals surface area contributed by atoms with E-state index >= 15 is 0 Å². The summed E-state index contributed by atoms with van der Waals surface area (Å²) in [6.07, 6.45) is 0. The van der Waals surface area contributed by atoms with Gasteiger partial charge >= 0.3 is 0 Å². The summed E-state index contributed by atoms with van der Waals surface area (Å²) in [5, 5.41) is 7.11. The maximum Gasteiger partial charge on any atom is 0.152 e. The van der Waals surface area contributed by atoms with Crippen molar-refractivity contribution in [2.24, 2.45) is 0 Å². The molecular weight excluding hydrogens is 396 g/mol. The minimum Gasteiger partial charge on any atom is -0.453 e. The minimum atomic E-state index is 0.823. The molecule has 5 heteroatoms. The Morgan fingerprint density at radius 1 is 0.483 bits per heavy atom. The molecule has 4 aromatic carbocycles. The lowest BCUT2D eigenvalue weighted by Crippen LogP contribution is -2.04. The fourth-order valence-electron chi connectivity index (χ4n) is 3.55. The Bertz CT molecular complexity index is 1160. The van der Waals surface area contributed by atoms with Crippen molar-refractivity contribution in [2.75, 3.05) is 10.6 Å². The quantitative estimate of drug-likeness (QED) is 0.302. The second kappa shape index (κ2) is 6.79. The van der Waals surface area contributed by atoms with E-state index in [1.54, 1.807) is 23.5 Å². The van der Waals surface area contributed by atoms with Crippen LogP contribution in [0.1, 0.15) is 0 Å². The number of benzene rings is 4. The predicted molar refractivity (Wildman–Crippen MR) is 121 cm³/mol. The average Bonchev–Trinajstić information content (AvgIpc) is 2.77. The minimum absolute atomic E-state index is 0.823. The highest BCUT2D eigenvalue weighted by atomic mass is 32.2. The highest BCUT2D eigenvalue weighted by molar-refractivity contribution is 8.00. The third kappa shape index (κ3) is 2.94. The monoisotopic (exact) mass is 412 g/mol. The van der Waals surface area contributed by atoms with Gasteiger partial charge in [-0.1, -0.05) is 59.9 Å². The molecule has 2 aliphatic rings. The maximum absolute atomic E-state index is 6.45. The van der Waals surface area contributed by atoms with Crippen molar-refractivity contribution >= 4 is 46.3 Å². The number of ether oxygens (including phenoxy) is 1. The third-order valence-corrected chi connectivity index (χ3v) is 7.20. The van der Waals surface area contributed by atoms with Crippen molar-refractivity contribution in [1.29, 1.82) is 0 Å². The first-order valence-corrected chi connectivity index (χ1v) is 11.0. The molecule has 0 aromatic heterocycles. The molecule has 0 unspecified atom stereocenters. The number of hydrogen-bond donors (Lipinski definition) is 2. The zero-order valence-corrected chi connectivity index (χ0v) is 16.9. The Morgan fingerprint density at radius 3 is 1.45 bits per heavy atom. The molecule has 0 saturated carbocycles. The van der Waals surface area contributed by atoms with Gasteiger partial charge in [-0.2, -0.15) is 0 Å². The summed E-state index contributed by atoms with van der Waals surface area (Å²) in [7, 11) is 0. The lowest BCUT2D eigenvalue weighted by molar-refractivity contribution is 0.484. The molecule has 4 aromatic rings. The normalized spacial score (nSPS) is 13.1. The van der Waals surface area contributed by atoms with Crippen LogP contribution >= 0.6 is 23.5 Å². The Hall–Kier alpha value is -3.02. The van der Waals surface area contributed by atoms with Gasteiger partial charge in [-0.05, 0) is 48.5 Å². The Labute approximate surface area is 177 Å². The van der Waals surface area contributed by atoms with Crippen LogP contribution in [0.5, 0.6) is 11.5 Å². The number of fused-ring (bicyclic) bond motifs is 4. The van der Waals surface area contributed by atoms with Crippen LogP contribution in [-0.4, -0.2) is 0 Å². The lowest BCUT2D eigenvalue weighted by Gasteiger charge is -2.25. The molecular formula is C24H16N2OS2. The van der Waals surface area contributed by atoms with E-state index < -0.39 is 0 Å². The zero-order valence-electron chi connectivity index (χ0n) is 15.3. The molecule has 0 amide bonds. The van der Waals surface area contributed by atoms with E-state index in [9.17, 15) is 0 Å². The molecule has 0 bridgehead atoms. The highest BCUT2D eigenvalue weighted by Crippen LogP contribution is 2.51. The van der Waals surface area contributed by atoms with Gasteiger partial charge in [-0.15, -0.1) is 0 Å². The van der Waals surface area contributed by atoms with Crippen LogP contribution in [-0.2, 0) is 0 Å². The van der Waals surface area contributed by atoms with Gasteiger partial charge in [0, 0.05) is 19.6 Å². The van der Waals surface area contributed by atoms with E-state index in [1.165, 1.54) is 19.6 Å². The van der Waals surface area contributed by atoms with Crippen molar-refractivity contribution in [3.8, 4) is 11.5 Å². The molecule has 0 aliphatic carbocycles. The molecule has 0 radical (unpaired) electrons. The number of nitrogens with one attached hydrogen (secondary N) is 2. The van der Waals surface area contributed by atoms with Gasteiger partial charge in [0.15, 0.2) is 11.5 Å². The van der Waals surface area contributed by atoms with Crippen LogP contribution in [0.25, 0.3) is 0 Å². The van der Waals surface area contributed by atoms with Crippen LogP contribution in [0.3, 0.4) is 0 Å². The Morgan fingerprint density at radius 2 is 0.931 bits per heavy atom. The van der Waals surface area contributed by atoms with Crippen LogP contribution in [0.4, 0.5) is 22.7 Å². The number of rotatable bonds is 2. The average molecular weight is 413 g/mol. The summed E-state index contributed by atoms with van der Waals surface area (Å²) in [6, 6.07) is 29.1. The molecule has 29 heavy (non-hydrogen) atoms. The smallest absolute Gasteiger partial charge is 0.152 e. The van der Waals surface area contributed by atoms with E-state index in [0.29, 0.717) is 0 Å². The van der Waals surface area contributed by atoms with Gasteiger partial charge in [0.1, 0.15) is 0 Å². The third-order valence-electron chi connectivity index (χ3n) is 4.93. The van der Waals surface area contributed by atoms with Gasteiger partial charge in [-0.25, -0.2) is 0 Å². The predicted octanol–water partition coefficient (Wildman–Crippen LogP) is 7.90. The van der Waals surface area contributed by atoms with Crippen molar-refractivity contribution in [3.63, 3.8) is 0 Å². The number of hydrogen-bond acceptors (Lipinski definition) is 5. The van der Waals surface area contributed by atoms with Crippen LogP contribution < -0.4 is 15.4 Å². The molecule has 0 atom stereocenters. The molecule has 6 rings (SSSR count). The Balaban J connectivity index is 1.38. The lowest BCUT2D eigenvalue weighted by atomic mass is 10.2. The Kier molecular flexibility index (Phi) is 3.96. The van der Waals surface area contributed by atoms with Crippen LogP contribution in [0.2, 0.25) is 0 Å². The highest BCUT2D eigenvalue weighted by Gasteiger charge is 2.22. The van der Waals surface area contributed by atoms with E-state index in [4.69, 9.17) is 4.74 Å². The second-order valence-electron chi connectivity index (χ2n) is 6.81. The van der Waals surface area contributed by atoms with Crippen molar-refractivity contribution < 1.29 is 4.74 Å². The van der Waals surface area contributed by atoms with E-state index in [2.05, 4.69) is 59.2 Å². The first-order chi connectivity index (χ1) is 14.3. The first kappa shape index (κ1) is 16.9. The van der Waals surface area contributed by atoms with Gasteiger partial charge in [0.05, 0.1) is 22.7 Å². The molecule has 2 heterocycles. The number of anilines is 4. The van der Waals surface area contributed by atoms with Crippen LogP contribution in [0.15, 0.2) is 105 Å². The van der Waals surface area contributed by atoms with Crippen molar-refractivity contribution in [3.05, 3.63) is 84.9 Å². The van der Waals surface area contributed by atoms with E-state index in [0.717, 1.165) is 34.2 Å². The topological polar surface area (TPSA) is 33.3 Å². The van der Waals surface area contributed by atoms with E-state index in [-0.39, 0.29) is 0 Å². The molecule has 0 spiro atoms. The van der Waals surface area contributed by atoms with E-state index in [1.807, 2.05) is 36.4 Å². The van der Waals surface area contributed by atoms with Crippen LogP contribution in [0, 0.1) is 0 Å². The van der Waals surface area contributed by atoms with Gasteiger partial charge in [0.25, 0.3) is 0 Å². The molecule has 140 valence electrons. The molecule has 2 N–H and O–H groups in total. The SMILES string of the molecule is c1ccc2c(c1)Nc1c(Oc3cccc4c3Nc3ccccc3S4)cccc1S2. The summed E-state index contributed by atoms with van der Waals surface area (Å²) in [4.78, 5) is 4.78. The first-order valence-electron chi connectivity index (χ1n) is 9.37. The van der Waals surface area contributed by atoms with Gasteiger partial charge < -0.3 is 15.4 Å². The number of para-hydroxylation sites is 4. The summed E-state index contributed by atoms with van der Waals surface area (Å²) >= 11 is 3.53. The molecule has 0 fully saturated rings. The van der Waals surface area contributed by atoms with Crippen molar-refractivity contribution in [1.82, 2.24) is 0 Å². The van der Waals surface area contributed by atoms with Gasteiger partial charge in [-0.3, -0.25) is 0 Å². The zero-order chi connectivity index (χ0) is 19.2. The largest absolute Gasteiger partial charge is 0.453 e.